The molecular formula is C26H22FN3O2. The summed E-state index contributed by atoms with van der Waals surface area (Å²) in [5.41, 5.74) is 3.73. The summed E-state index contributed by atoms with van der Waals surface area (Å²) < 4.78 is 18.8. The van der Waals surface area contributed by atoms with Gasteiger partial charge in [0, 0.05) is 37.1 Å². The molecule has 0 saturated carbocycles. The Labute approximate surface area is 185 Å². The summed E-state index contributed by atoms with van der Waals surface area (Å²) in [6.45, 7) is 0.401. The van der Waals surface area contributed by atoms with Crippen LogP contribution in [0, 0.1) is 5.82 Å². The van der Waals surface area contributed by atoms with Gasteiger partial charge in [0.2, 0.25) is 5.91 Å². The van der Waals surface area contributed by atoms with Gasteiger partial charge in [-0.3, -0.25) is 14.8 Å². The minimum Gasteiger partial charge on any atom is -0.457 e. The number of nitrogens with zero attached hydrogens (tertiary/aromatic N) is 2. The molecule has 0 fully saturated rings. The molecule has 1 amide bonds. The lowest BCUT2D eigenvalue weighted by Gasteiger charge is -2.10. The summed E-state index contributed by atoms with van der Waals surface area (Å²) >= 11 is 0. The second kappa shape index (κ2) is 10.3. The standard InChI is InChI=1S/C26H22FN3O2/c27-22-7-9-23(10-8-22)32-24-5-1-3-19(17-24)6-11-25(31)30-18-21-4-2-14-29-26(21)20-12-15-28-16-13-20/h1-5,7-10,12-17H,6,11,18H2,(H,30,31). The van der Waals surface area contributed by atoms with Crippen LogP contribution in [-0.4, -0.2) is 15.9 Å². The molecule has 0 spiro atoms. The van der Waals surface area contributed by atoms with Crippen LogP contribution in [0.2, 0.25) is 0 Å². The first kappa shape index (κ1) is 21.2. The largest absolute Gasteiger partial charge is 0.457 e. The van der Waals surface area contributed by atoms with E-state index >= 15 is 0 Å². The number of aromatic nitrogens is 2. The minimum absolute atomic E-state index is 0.0422. The molecule has 6 heteroatoms. The average Bonchev–Trinajstić information content (AvgIpc) is 2.84. The second-order valence-electron chi connectivity index (χ2n) is 7.23. The van der Waals surface area contributed by atoms with Crippen LogP contribution in [0.25, 0.3) is 11.3 Å². The van der Waals surface area contributed by atoms with Crippen LogP contribution in [0.1, 0.15) is 17.5 Å². The van der Waals surface area contributed by atoms with E-state index in [0.29, 0.717) is 30.9 Å². The van der Waals surface area contributed by atoms with Gasteiger partial charge in [0.15, 0.2) is 0 Å². The van der Waals surface area contributed by atoms with E-state index in [1.165, 1.54) is 12.1 Å². The Morgan fingerprint density at radius 1 is 0.906 bits per heavy atom. The molecule has 0 atom stereocenters. The van der Waals surface area contributed by atoms with Crippen LogP contribution in [0.5, 0.6) is 11.5 Å². The Balaban J connectivity index is 1.32. The molecule has 160 valence electrons. The summed E-state index contributed by atoms with van der Waals surface area (Å²) in [4.78, 5) is 20.9. The predicted octanol–water partition coefficient (Wildman–Crippen LogP) is 5.32. The van der Waals surface area contributed by atoms with E-state index in [2.05, 4.69) is 15.3 Å². The van der Waals surface area contributed by atoms with E-state index in [0.717, 1.165) is 22.4 Å². The predicted molar refractivity (Wildman–Crippen MR) is 121 cm³/mol. The number of aryl methyl sites for hydroxylation is 1. The normalized spacial score (nSPS) is 10.5. The number of halogens is 1. The highest BCUT2D eigenvalue weighted by atomic mass is 19.1. The Morgan fingerprint density at radius 3 is 2.53 bits per heavy atom. The molecule has 0 saturated heterocycles. The minimum atomic E-state index is -0.309. The van der Waals surface area contributed by atoms with Crippen LogP contribution in [0.15, 0.2) is 91.4 Å². The molecule has 5 nitrogen and oxygen atoms in total. The summed E-state index contributed by atoms with van der Waals surface area (Å²) in [7, 11) is 0. The van der Waals surface area contributed by atoms with Crippen molar-refractivity contribution in [3.05, 3.63) is 108 Å². The second-order valence-corrected chi connectivity index (χ2v) is 7.23. The van der Waals surface area contributed by atoms with Gasteiger partial charge in [-0.05, 0) is 72.1 Å². The van der Waals surface area contributed by atoms with Gasteiger partial charge in [-0.2, -0.15) is 0 Å². The number of ether oxygens (including phenoxy) is 1. The van der Waals surface area contributed by atoms with Gasteiger partial charge < -0.3 is 10.1 Å². The third-order valence-electron chi connectivity index (χ3n) is 4.91. The highest BCUT2D eigenvalue weighted by molar-refractivity contribution is 5.76. The first-order chi connectivity index (χ1) is 15.7. The number of carbonyl (C=O) groups excluding carboxylic acids is 1. The molecule has 0 aliphatic carbocycles. The lowest BCUT2D eigenvalue weighted by molar-refractivity contribution is -0.121. The zero-order valence-electron chi connectivity index (χ0n) is 17.4. The third kappa shape index (κ3) is 5.76. The fraction of sp³-hybridized carbons (Fsp3) is 0.115. The van der Waals surface area contributed by atoms with Crippen LogP contribution >= 0.6 is 0 Å². The van der Waals surface area contributed by atoms with Crippen molar-refractivity contribution in [3.63, 3.8) is 0 Å². The maximum absolute atomic E-state index is 13.0. The lowest BCUT2D eigenvalue weighted by Crippen LogP contribution is -2.23. The van der Waals surface area contributed by atoms with E-state index < -0.39 is 0 Å². The zero-order chi connectivity index (χ0) is 22.2. The monoisotopic (exact) mass is 427 g/mol. The molecule has 4 aromatic rings. The van der Waals surface area contributed by atoms with Crippen molar-refractivity contribution in [2.45, 2.75) is 19.4 Å². The molecule has 32 heavy (non-hydrogen) atoms. The summed E-state index contributed by atoms with van der Waals surface area (Å²) in [6.07, 6.45) is 6.12. The number of hydrogen-bond acceptors (Lipinski definition) is 4. The van der Waals surface area contributed by atoms with E-state index in [9.17, 15) is 9.18 Å². The Hall–Kier alpha value is -4.06. The number of amides is 1. The molecular weight excluding hydrogens is 405 g/mol. The number of benzene rings is 2. The molecule has 2 heterocycles. The van der Waals surface area contributed by atoms with Crippen molar-refractivity contribution in [1.82, 2.24) is 15.3 Å². The van der Waals surface area contributed by atoms with Gasteiger partial charge in [-0.25, -0.2) is 4.39 Å². The first-order valence-corrected chi connectivity index (χ1v) is 10.3. The molecule has 0 bridgehead atoms. The van der Waals surface area contributed by atoms with Gasteiger partial charge in [-0.1, -0.05) is 18.2 Å². The highest BCUT2D eigenvalue weighted by Crippen LogP contribution is 2.23. The SMILES string of the molecule is O=C(CCc1cccc(Oc2ccc(F)cc2)c1)NCc1cccnc1-c1ccncc1. The molecule has 0 aliphatic rings. The molecule has 0 unspecified atom stereocenters. The summed E-state index contributed by atoms with van der Waals surface area (Å²) in [5.74, 6) is 0.852. The van der Waals surface area contributed by atoms with Gasteiger partial charge in [0.25, 0.3) is 0 Å². The van der Waals surface area contributed by atoms with Gasteiger partial charge in [0.1, 0.15) is 17.3 Å². The molecule has 2 aromatic carbocycles. The number of nitrogens with one attached hydrogen (secondary N) is 1. The van der Waals surface area contributed by atoms with E-state index in [4.69, 9.17) is 4.74 Å². The zero-order valence-corrected chi connectivity index (χ0v) is 17.4. The number of carbonyl (C=O) groups is 1. The lowest BCUT2D eigenvalue weighted by atomic mass is 10.1. The number of hydrogen-bond donors (Lipinski definition) is 1. The Kier molecular flexibility index (Phi) is 6.82. The highest BCUT2D eigenvalue weighted by Gasteiger charge is 2.09. The van der Waals surface area contributed by atoms with Gasteiger partial charge >= 0.3 is 0 Å². The quantitative estimate of drug-likeness (QED) is 0.413. The van der Waals surface area contributed by atoms with Crippen molar-refractivity contribution in [2.24, 2.45) is 0 Å². The van der Waals surface area contributed by atoms with E-state index in [1.54, 1.807) is 30.7 Å². The summed E-state index contributed by atoms with van der Waals surface area (Å²) in [6, 6.07) is 21.0. The number of pyridine rings is 2. The molecule has 0 radical (unpaired) electrons. The van der Waals surface area contributed by atoms with Crippen LogP contribution < -0.4 is 10.1 Å². The molecule has 2 aromatic heterocycles. The van der Waals surface area contributed by atoms with Crippen LogP contribution in [-0.2, 0) is 17.8 Å². The average molecular weight is 427 g/mol. The molecule has 1 N–H and O–H groups in total. The third-order valence-corrected chi connectivity index (χ3v) is 4.91. The van der Waals surface area contributed by atoms with Crippen molar-refractivity contribution >= 4 is 5.91 Å². The number of rotatable bonds is 8. The topological polar surface area (TPSA) is 64.1 Å². The summed E-state index contributed by atoms with van der Waals surface area (Å²) in [5, 5.41) is 2.98. The fourth-order valence-corrected chi connectivity index (χ4v) is 3.29. The van der Waals surface area contributed by atoms with E-state index in [-0.39, 0.29) is 11.7 Å². The maximum Gasteiger partial charge on any atom is 0.220 e. The van der Waals surface area contributed by atoms with Crippen molar-refractivity contribution < 1.29 is 13.9 Å². The van der Waals surface area contributed by atoms with Crippen LogP contribution in [0.3, 0.4) is 0 Å². The van der Waals surface area contributed by atoms with Crippen molar-refractivity contribution in [3.8, 4) is 22.8 Å². The van der Waals surface area contributed by atoms with Crippen molar-refractivity contribution in [1.29, 1.82) is 0 Å². The van der Waals surface area contributed by atoms with Crippen LogP contribution in [0.4, 0.5) is 4.39 Å². The Morgan fingerprint density at radius 2 is 1.72 bits per heavy atom. The maximum atomic E-state index is 13.0. The first-order valence-electron chi connectivity index (χ1n) is 10.3. The molecule has 0 aliphatic heterocycles. The smallest absolute Gasteiger partial charge is 0.220 e. The van der Waals surface area contributed by atoms with Crippen molar-refractivity contribution in [2.75, 3.05) is 0 Å². The van der Waals surface area contributed by atoms with Gasteiger partial charge in [0.05, 0.1) is 5.69 Å². The van der Waals surface area contributed by atoms with Gasteiger partial charge in [-0.15, -0.1) is 0 Å². The fourth-order valence-electron chi connectivity index (χ4n) is 3.29. The van der Waals surface area contributed by atoms with E-state index in [1.807, 2.05) is 48.5 Å². The Bertz CT molecular complexity index is 1180. The molecule has 4 rings (SSSR count).